The van der Waals surface area contributed by atoms with E-state index in [1.165, 1.54) is 31.1 Å². The van der Waals surface area contributed by atoms with Crippen LogP contribution in [-0.2, 0) is 9.59 Å². The van der Waals surface area contributed by atoms with Gasteiger partial charge in [-0.15, -0.1) is 0 Å². The number of ketones is 2. The van der Waals surface area contributed by atoms with Gasteiger partial charge in [-0.2, -0.15) is 0 Å². The molecule has 0 unspecified atom stereocenters. The SMILES string of the molecule is O=C1C=CC(=O)C(CCCCCCCCCO)=C1. The van der Waals surface area contributed by atoms with E-state index in [9.17, 15) is 9.59 Å². The molecule has 100 valence electrons. The second-order valence-electron chi connectivity index (χ2n) is 4.72. The molecule has 0 saturated carbocycles. The first kappa shape index (κ1) is 14.8. The molecule has 0 radical (unpaired) electrons. The second kappa shape index (κ2) is 8.81. The summed E-state index contributed by atoms with van der Waals surface area (Å²) in [5.41, 5.74) is 0.655. The van der Waals surface area contributed by atoms with Gasteiger partial charge in [0.2, 0.25) is 0 Å². The summed E-state index contributed by atoms with van der Waals surface area (Å²) in [6, 6.07) is 0. The van der Waals surface area contributed by atoms with Crippen LogP contribution in [0.5, 0.6) is 0 Å². The van der Waals surface area contributed by atoms with Crippen LogP contribution in [0.25, 0.3) is 0 Å². The molecule has 0 aliphatic heterocycles. The maximum atomic E-state index is 11.4. The zero-order valence-corrected chi connectivity index (χ0v) is 10.9. The van der Waals surface area contributed by atoms with E-state index in [-0.39, 0.29) is 18.2 Å². The van der Waals surface area contributed by atoms with E-state index in [1.807, 2.05) is 0 Å². The maximum absolute atomic E-state index is 11.4. The van der Waals surface area contributed by atoms with E-state index < -0.39 is 0 Å². The van der Waals surface area contributed by atoms with Gasteiger partial charge in [0.15, 0.2) is 11.6 Å². The Kier molecular flexibility index (Phi) is 7.26. The lowest BCUT2D eigenvalue weighted by atomic mass is 9.97. The average Bonchev–Trinajstić information content (AvgIpc) is 2.36. The molecule has 18 heavy (non-hydrogen) atoms. The van der Waals surface area contributed by atoms with Crippen molar-refractivity contribution in [2.24, 2.45) is 0 Å². The first-order valence-corrected chi connectivity index (χ1v) is 6.82. The normalized spacial score (nSPS) is 15.1. The fraction of sp³-hybridized carbons (Fsp3) is 0.600. The minimum Gasteiger partial charge on any atom is -0.396 e. The van der Waals surface area contributed by atoms with Gasteiger partial charge in [0.1, 0.15) is 0 Å². The molecule has 1 N–H and O–H groups in total. The number of carbonyl (C=O) groups excluding carboxylic acids is 2. The topological polar surface area (TPSA) is 54.4 Å². The molecule has 0 heterocycles. The van der Waals surface area contributed by atoms with E-state index in [0.717, 1.165) is 32.1 Å². The Morgan fingerprint density at radius 2 is 1.44 bits per heavy atom. The molecule has 0 aromatic carbocycles. The number of aliphatic hydroxyl groups excluding tert-OH is 1. The monoisotopic (exact) mass is 250 g/mol. The van der Waals surface area contributed by atoms with Gasteiger partial charge in [0.05, 0.1) is 0 Å². The molecular formula is C15H22O3. The Morgan fingerprint density at radius 1 is 0.833 bits per heavy atom. The van der Waals surface area contributed by atoms with Gasteiger partial charge in [-0.1, -0.05) is 32.1 Å². The van der Waals surface area contributed by atoms with Gasteiger partial charge in [-0.3, -0.25) is 9.59 Å². The Hall–Kier alpha value is -1.22. The number of aliphatic hydroxyl groups is 1. The van der Waals surface area contributed by atoms with Crippen molar-refractivity contribution in [1.82, 2.24) is 0 Å². The summed E-state index contributed by atoms with van der Waals surface area (Å²) >= 11 is 0. The molecule has 0 aromatic heterocycles. The largest absolute Gasteiger partial charge is 0.396 e. The Morgan fingerprint density at radius 3 is 2.11 bits per heavy atom. The first-order valence-electron chi connectivity index (χ1n) is 6.82. The molecule has 3 nitrogen and oxygen atoms in total. The lowest BCUT2D eigenvalue weighted by molar-refractivity contribution is -0.114. The van der Waals surface area contributed by atoms with Gasteiger partial charge < -0.3 is 5.11 Å². The molecule has 0 atom stereocenters. The number of hydrogen-bond acceptors (Lipinski definition) is 3. The molecule has 0 aromatic rings. The molecule has 0 spiro atoms. The van der Waals surface area contributed by atoms with Crippen LogP contribution in [0.2, 0.25) is 0 Å². The van der Waals surface area contributed by atoms with Gasteiger partial charge in [-0.05, 0) is 37.5 Å². The number of unbranched alkanes of at least 4 members (excludes halogenated alkanes) is 6. The highest BCUT2D eigenvalue weighted by molar-refractivity contribution is 6.17. The lowest BCUT2D eigenvalue weighted by Gasteiger charge is -2.06. The third kappa shape index (κ3) is 5.92. The predicted molar refractivity (Wildman–Crippen MR) is 71.3 cm³/mol. The van der Waals surface area contributed by atoms with Crippen LogP contribution in [0.1, 0.15) is 51.4 Å². The van der Waals surface area contributed by atoms with Crippen molar-refractivity contribution >= 4 is 11.6 Å². The summed E-state index contributed by atoms with van der Waals surface area (Å²) in [6.07, 6.45) is 12.5. The molecule has 0 bridgehead atoms. The molecule has 0 amide bonds. The minimum atomic E-state index is -0.0754. The molecule has 1 aliphatic rings. The summed E-state index contributed by atoms with van der Waals surface area (Å²) < 4.78 is 0. The fourth-order valence-corrected chi connectivity index (χ4v) is 2.06. The number of carbonyl (C=O) groups is 2. The van der Waals surface area contributed by atoms with Crippen molar-refractivity contribution in [3.8, 4) is 0 Å². The van der Waals surface area contributed by atoms with Gasteiger partial charge in [0, 0.05) is 12.2 Å². The van der Waals surface area contributed by atoms with E-state index in [1.54, 1.807) is 0 Å². The van der Waals surface area contributed by atoms with E-state index in [2.05, 4.69) is 0 Å². The summed E-state index contributed by atoms with van der Waals surface area (Å²) in [5.74, 6) is -0.0915. The molecule has 1 rings (SSSR count). The number of rotatable bonds is 9. The minimum absolute atomic E-state index is 0.0162. The van der Waals surface area contributed by atoms with Crippen molar-refractivity contribution in [3.05, 3.63) is 23.8 Å². The van der Waals surface area contributed by atoms with Gasteiger partial charge >= 0.3 is 0 Å². The smallest absolute Gasteiger partial charge is 0.182 e. The van der Waals surface area contributed by atoms with Crippen molar-refractivity contribution in [1.29, 1.82) is 0 Å². The summed E-state index contributed by atoms with van der Waals surface area (Å²) in [6.45, 7) is 0.289. The molecule has 1 aliphatic carbocycles. The van der Waals surface area contributed by atoms with Gasteiger partial charge in [-0.25, -0.2) is 0 Å². The summed E-state index contributed by atoms with van der Waals surface area (Å²) in [5, 5.41) is 8.63. The molecule has 3 heteroatoms. The Labute approximate surface area is 109 Å². The standard InChI is InChI=1S/C15H22O3/c16-11-7-5-3-1-2-4-6-8-13-12-14(17)9-10-15(13)18/h9-10,12,16H,1-8,11H2. The van der Waals surface area contributed by atoms with E-state index in [4.69, 9.17) is 5.11 Å². The highest BCUT2D eigenvalue weighted by atomic mass is 16.2. The summed E-state index contributed by atoms with van der Waals surface area (Å²) in [7, 11) is 0. The number of hydrogen-bond donors (Lipinski definition) is 1. The number of allylic oxidation sites excluding steroid dienone is 4. The van der Waals surface area contributed by atoms with Gasteiger partial charge in [0.25, 0.3) is 0 Å². The van der Waals surface area contributed by atoms with Crippen LogP contribution >= 0.6 is 0 Å². The highest BCUT2D eigenvalue weighted by Crippen LogP contribution is 2.15. The van der Waals surface area contributed by atoms with Crippen molar-refractivity contribution < 1.29 is 14.7 Å². The quantitative estimate of drug-likeness (QED) is 0.505. The fourth-order valence-electron chi connectivity index (χ4n) is 2.06. The van der Waals surface area contributed by atoms with Crippen molar-refractivity contribution in [2.45, 2.75) is 51.4 Å². The highest BCUT2D eigenvalue weighted by Gasteiger charge is 2.12. The Bertz CT molecular complexity index is 340. The van der Waals surface area contributed by atoms with Crippen LogP contribution < -0.4 is 0 Å². The van der Waals surface area contributed by atoms with Crippen LogP contribution in [0.15, 0.2) is 23.8 Å². The van der Waals surface area contributed by atoms with E-state index >= 15 is 0 Å². The molecular weight excluding hydrogens is 228 g/mol. The zero-order chi connectivity index (χ0) is 13.2. The third-order valence-corrected chi connectivity index (χ3v) is 3.14. The van der Waals surface area contributed by atoms with Crippen LogP contribution in [0, 0.1) is 0 Å². The summed E-state index contributed by atoms with van der Waals surface area (Å²) in [4.78, 5) is 22.6. The lowest BCUT2D eigenvalue weighted by Crippen LogP contribution is -2.07. The van der Waals surface area contributed by atoms with Crippen LogP contribution in [0.3, 0.4) is 0 Å². The average molecular weight is 250 g/mol. The van der Waals surface area contributed by atoms with Crippen LogP contribution in [0.4, 0.5) is 0 Å². The van der Waals surface area contributed by atoms with Crippen molar-refractivity contribution in [2.75, 3.05) is 6.61 Å². The molecule has 0 saturated heterocycles. The van der Waals surface area contributed by atoms with Crippen molar-refractivity contribution in [3.63, 3.8) is 0 Å². The third-order valence-electron chi connectivity index (χ3n) is 3.14. The maximum Gasteiger partial charge on any atom is 0.182 e. The van der Waals surface area contributed by atoms with Crippen LogP contribution in [-0.4, -0.2) is 23.3 Å². The van der Waals surface area contributed by atoms with E-state index in [0.29, 0.717) is 12.0 Å². The predicted octanol–water partition coefficient (Wildman–Crippen LogP) is 2.73. The second-order valence-corrected chi connectivity index (χ2v) is 4.72. The molecule has 0 fully saturated rings. The Balaban J connectivity index is 2.04. The first-order chi connectivity index (χ1) is 8.74. The zero-order valence-electron chi connectivity index (χ0n) is 10.9.